The number of rotatable bonds is 2. The van der Waals surface area contributed by atoms with Gasteiger partial charge in [0.2, 0.25) is 0 Å². The molecule has 100 valence electrons. The molecule has 1 heterocycles. The number of benzene rings is 1. The van der Waals surface area contributed by atoms with Crippen molar-refractivity contribution >= 4 is 17.3 Å². The van der Waals surface area contributed by atoms with Gasteiger partial charge in [-0.25, -0.2) is 0 Å². The molecule has 0 saturated carbocycles. The average molecular weight is 269 g/mol. The Morgan fingerprint density at radius 2 is 2.22 bits per heavy atom. The molecule has 1 aromatic carbocycles. The Bertz CT molecular complexity index is 432. The van der Waals surface area contributed by atoms with Crippen molar-refractivity contribution in [3.05, 3.63) is 28.8 Å². The molecule has 0 aliphatic carbocycles. The minimum Gasteiger partial charge on any atom is -0.388 e. The summed E-state index contributed by atoms with van der Waals surface area (Å²) in [7, 11) is 0. The van der Waals surface area contributed by atoms with Crippen molar-refractivity contribution in [3.63, 3.8) is 0 Å². The van der Waals surface area contributed by atoms with Gasteiger partial charge in [-0.05, 0) is 44.4 Å². The van der Waals surface area contributed by atoms with Gasteiger partial charge in [0.15, 0.2) is 0 Å². The van der Waals surface area contributed by atoms with E-state index in [2.05, 4.69) is 4.90 Å². The quantitative estimate of drug-likeness (QED) is 0.867. The Hall–Kier alpha value is -0.770. The fraction of sp³-hybridized carbons (Fsp3) is 0.571. The number of halogens is 1. The van der Waals surface area contributed by atoms with Crippen molar-refractivity contribution < 1.29 is 5.11 Å². The first kappa shape index (κ1) is 13.7. The first-order valence-corrected chi connectivity index (χ1v) is 6.79. The van der Waals surface area contributed by atoms with Crippen LogP contribution in [0.15, 0.2) is 18.2 Å². The molecule has 0 aromatic heterocycles. The number of piperidine rings is 1. The maximum absolute atomic E-state index is 10.1. The summed E-state index contributed by atoms with van der Waals surface area (Å²) >= 11 is 6.32. The summed E-state index contributed by atoms with van der Waals surface area (Å²) in [6.07, 6.45) is 1.83. The van der Waals surface area contributed by atoms with Gasteiger partial charge in [-0.2, -0.15) is 0 Å². The van der Waals surface area contributed by atoms with Crippen LogP contribution in [0.25, 0.3) is 0 Å². The van der Waals surface area contributed by atoms with E-state index in [0.717, 1.165) is 30.6 Å². The Balaban J connectivity index is 2.23. The van der Waals surface area contributed by atoms with Crippen LogP contribution < -0.4 is 10.6 Å². The topological polar surface area (TPSA) is 49.5 Å². The molecule has 1 aliphatic heterocycles. The molecule has 0 radical (unpaired) electrons. The molecule has 1 aliphatic rings. The van der Waals surface area contributed by atoms with Crippen LogP contribution in [0.2, 0.25) is 5.02 Å². The molecule has 0 spiro atoms. The lowest BCUT2D eigenvalue weighted by Gasteiger charge is -2.38. The van der Waals surface area contributed by atoms with Gasteiger partial charge in [-0.1, -0.05) is 17.7 Å². The van der Waals surface area contributed by atoms with E-state index >= 15 is 0 Å². The third kappa shape index (κ3) is 2.97. The predicted octanol–water partition coefficient (Wildman–Crippen LogP) is 2.71. The molecular formula is C14H21ClN2O. The molecule has 0 bridgehead atoms. The number of nitrogens with two attached hydrogens (primary N) is 1. The number of hydrogen-bond acceptors (Lipinski definition) is 3. The molecule has 1 fully saturated rings. The summed E-state index contributed by atoms with van der Waals surface area (Å²) in [5.74, 6) is 0. The molecule has 1 aromatic rings. The summed E-state index contributed by atoms with van der Waals surface area (Å²) in [6.45, 7) is 5.39. The van der Waals surface area contributed by atoms with Crippen molar-refractivity contribution in [2.75, 3.05) is 18.0 Å². The van der Waals surface area contributed by atoms with E-state index in [0.29, 0.717) is 11.6 Å². The Kier molecular flexibility index (Phi) is 3.85. The van der Waals surface area contributed by atoms with Crippen LogP contribution in [0.1, 0.15) is 38.3 Å². The number of anilines is 1. The smallest absolute Gasteiger partial charge is 0.0794 e. The van der Waals surface area contributed by atoms with E-state index in [9.17, 15) is 5.11 Å². The highest BCUT2D eigenvalue weighted by atomic mass is 35.5. The minimum atomic E-state index is -0.624. The van der Waals surface area contributed by atoms with Gasteiger partial charge in [-0.15, -0.1) is 0 Å². The lowest BCUT2D eigenvalue weighted by Crippen LogP contribution is -2.46. The second-order valence-corrected chi connectivity index (χ2v) is 5.93. The van der Waals surface area contributed by atoms with Crippen molar-refractivity contribution in [2.24, 2.45) is 5.73 Å². The molecule has 3 nitrogen and oxygen atoms in total. The average Bonchev–Trinajstić information content (AvgIpc) is 2.27. The van der Waals surface area contributed by atoms with Crippen LogP contribution in [0.3, 0.4) is 0 Å². The molecule has 1 unspecified atom stereocenters. The van der Waals surface area contributed by atoms with Gasteiger partial charge in [0.25, 0.3) is 0 Å². The Labute approximate surface area is 114 Å². The zero-order valence-corrected chi connectivity index (χ0v) is 11.7. The second kappa shape index (κ2) is 5.08. The fourth-order valence-corrected chi connectivity index (χ4v) is 2.80. The summed E-state index contributed by atoms with van der Waals surface area (Å²) in [4.78, 5) is 2.15. The maximum Gasteiger partial charge on any atom is 0.0794 e. The normalized spacial score (nSPS) is 26.2. The van der Waals surface area contributed by atoms with Gasteiger partial charge < -0.3 is 15.7 Å². The van der Waals surface area contributed by atoms with E-state index in [1.165, 1.54) is 0 Å². The Morgan fingerprint density at radius 1 is 1.50 bits per heavy atom. The van der Waals surface area contributed by atoms with E-state index in [-0.39, 0.29) is 6.04 Å². The van der Waals surface area contributed by atoms with E-state index in [4.69, 9.17) is 17.3 Å². The molecule has 18 heavy (non-hydrogen) atoms. The zero-order chi connectivity index (χ0) is 13.3. The van der Waals surface area contributed by atoms with Crippen LogP contribution in [0.5, 0.6) is 0 Å². The van der Waals surface area contributed by atoms with Gasteiger partial charge in [0.1, 0.15) is 0 Å². The first-order chi connectivity index (χ1) is 8.39. The highest BCUT2D eigenvalue weighted by Gasteiger charge is 2.29. The lowest BCUT2D eigenvalue weighted by atomic mass is 9.94. The maximum atomic E-state index is 10.1. The molecule has 2 rings (SSSR count). The number of nitrogens with zero attached hydrogens (tertiary/aromatic N) is 1. The third-order valence-corrected chi connectivity index (χ3v) is 3.82. The third-order valence-electron chi connectivity index (χ3n) is 3.51. The van der Waals surface area contributed by atoms with E-state index in [1.54, 1.807) is 0 Å². The first-order valence-electron chi connectivity index (χ1n) is 6.41. The number of β-amino-alcohol motifs (C(OH)–C–C–N with tert-alkyl or cyclic N) is 1. The van der Waals surface area contributed by atoms with E-state index < -0.39 is 5.60 Å². The van der Waals surface area contributed by atoms with Gasteiger partial charge >= 0.3 is 0 Å². The summed E-state index contributed by atoms with van der Waals surface area (Å²) in [5.41, 5.74) is 7.24. The molecule has 4 heteroatoms. The highest BCUT2D eigenvalue weighted by Crippen LogP contribution is 2.32. The van der Waals surface area contributed by atoms with Crippen LogP contribution in [0.4, 0.5) is 5.69 Å². The van der Waals surface area contributed by atoms with Gasteiger partial charge in [0, 0.05) is 19.1 Å². The monoisotopic (exact) mass is 268 g/mol. The van der Waals surface area contributed by atoms with Crippen LogP contribution in [-0.2, 0) is 0 Å². The van der Waals surface area contributed by atoms with E-state index in [1.807, 2.05) is 32.0 Å². The summed E-state index contributed by atoms with van der Waals surface area (Å²) in [5, 5.41) is 10.8. The molecule has 2 atom stereocenters. The zero-order valence-electron chi connectivity index (χ0n) is 11.0. The van der Waals surface area contributed by atoms with Crippen LogP contribution >= 0.6 is 11.6 Å². The van der Waals surface area contributed by atoms with Crippen LogP contribution in [-0.4, -0.2) is 23.8 Å². The van der Waals surface area contributed by atoms with Crippen molar-refractivity contribution in [1.82, 2.24) is 0 Å². The van der Waals surface area contributed by atoms with Crippen molar-refractivity contribution in [2.45, 2.75) is 38.3 Å². The van der Waals surface area contributed by atoms with Crippen LogP contribution in [0, 0.1) is 0 Å². The summed E-state index contributed by atoms with van der Waals surface area (Å²) < 4.78 is 0. The number of aliphatic hydroxyl groups is 1. The molecule has 1 saturated heterocycles. The highest BCUT2D eigenvalue weighted by molar-refractivity contribution is 6.33. The molecule has 0 amide bonds. The number of hydrogen-bond donors (Lipinski definition) is 2. The van der Waals surface area contributed by atoms with Crippen molar-refractivity contribution in [3.8, 4) is 0 Å². The largest absolute Gasteiger partial charge is 0.388 e. The molecular weight excluding hydrogens is 248 g/mol. The summed E-state index contributed by atoms with van der Waals surface area (Å²) in [6, 6.07) is 5.92. The minimum absolute atomic E-state index is 0.0130. The van der Waals surface area contributed by atoms with Gasteiger partial charge in [-0.3, -0.25) is 0 Å². The predicted molar refractivity (Wildman–Crippen MR) is 76.1 cm³/mol. The van der Waals surface area contributed by atoms with Gasteiger partial charge in [0.05, 0.1) is 16.3 Å². The molecule has 3 N–H and O–H groups in total. The fourth-order valence-electron chi connectivity index (χ4n) is 2.49. The Morgan fingerprint density at radius 3 is 2.78 bits per heavy atom. The lowest BCUT2D eigenvalue weighted by molar-refractivity contribution is 0.0449. The SMILES string of the molecule is C[C@H](N)c1ccc(N2CCCC(C)(O)C2)c(Cl)c1. The second-order valence-electron chi connectivity index (χ2n) is 5.52. The standard InChI is InChI=1S/C14H21ClN2O/c1-10(16)11-4-5-13(12(15)8-11)17-7-3-6-14(2,18)9-17/h4-5,8,10,18H,3,6-7,9,16H2,1-2H3/t10-,14?/m0/s1. The van der Waals surface area contributed by atoms with Crippen molar-refractivity contribution in [1.29, 1.82) is 0 Å².